The Morgan fingerprint density at radius 3 is 2.89 bits per heavy atom. The van der Waals surface area contributed by atoms with Crippen molar-refractivity contribution in [1.82, 2.24) is 5.32 Å². The van der Waals surface area contributed by atoms with Crippen LogP contribution in [0.3, 0.4) is 0 Å². The van der Waals surface area contributed by atoms with E-state index in [-0.39, 0.29) is 6.04 Å². The highest BCUT2D eigenvalue weighted by molar-refractivity contribution is 14.1. The maximum Gasteiger partial charge on any atom is 0.319 e. The third-order valence-corrected chi connectivity index (χ3v) is 4.96. The molecule has 1 unspecified atom stereocenters. The van der Waals surface area contributed by atoms with Crippen molar-refractivity contribution >= 4 is 33.9 Å². The van der Waals surface area contributed by atoms with Crippen molar-refractivity contribution < 1.29 is 17.6 Å². The summed E-state index contributed by atoms with van der Waals surface area (Å²) in [6, 6.07) is 1.73. The highest BCUT2D eigenvalue weighted by Gasteiger charge is 2.41. The first-order valence-electron chi connectivity index (χ1n) is 5.57. The van der Waals surface area contributed by atoms with Crippen LogP contribution in [0.1, 0.15) is 29.3 Å². The SMILES string of the molecule is FC(F)C(F)(F)CNC1CCCc2sc(I)cc21. The largest absolute Gasteiger partial charge is 0.319 e. The van der Waals surface area contributed by atoms with Crippen LogP contribution in [0.4, 0.5) is 17.6 Å². The molecule has 0 aliphatic heterocycles. The van der Waals surface area contributed by atoms with E-state index in [1.165, 1.54) is 4.88 Å². The molecular weight excluding hydrogens is 381 g/mol. The van der Waals surface area contributed by atoms with E-state index in [0.29, 0.717) is 0 Å². The summed E-state index contributed by atoms with van der Waals surface area (Å²) < 4.78 is 51.0. The summed E-state index contributed by atoms with van der Waals surface area (Å²) in [7, 11) is 0. The topological polar surface area (TPSA) is 12.0 Å². The Hall–Kier alpha value is 0.110. The normalized spacial score (nSPS) is 20.2. The first kappa shape index (κ1) is 14.5. The Labute approximate surface area is 120 Å². The molecule has 0 amide bonds. The van der Waals surface area contributed by atoms with E-state index in [4.69, 9.17) is 0 Å². The molecule has 1 aromatic rings. The predicted octanol–water partition coefficient (Wildman–Crippen LogP) is 4.22. The lowest BCUT2D eigenvalue weighted by atomic mass is 9.94. The van der Waals surface area contributed by atoms with E-state index in [0.717, 1.165) is 27.7 Å². The van der Waals surface area contributed by atoms with Gasteiger partial charge in [0.25, 0.3) is 0 Å². The van der Waals surface area contributed by atoms with E-state index in [1.807, 2.05) is 6.07 Å². The predicted molar refractivity (Wildman–Crippen MR) is 71.7 cm³/mol. The van der Waals surface area contributed by atoms with E-state index in [1.54, 1.807) is 11.3 Å². The molecule has 2 rings (SSSR count). The molecule has 1 nitrogen and oxygen atoms in total. The van der Waals surface area contributed by atoms with Crippen molar-refractivity contribution in [3.63, 3.8) is 0 Å². The second kappa shape index (κ2) is 5.62. The zero-order valence-electron chi connectivity index (χ0n) is 9.36. The number of alkyl halides is 4. The molecule has 1 N–H and O–H groups in total. The van der Waals surface area contributed by atoms with Crippen LogP contribution in [0.15, 0.2) is 6.07 Å². The van der Waals surface area contributed by atoms with Crippen LogP contribution in [0.2, 0.25) is 0 Å². The molecule has 0 radical (unpaired) electrons. The van der Waals surface area contributed by atoms with Crippen LogP contribution in [0.5, 0.6) is 0 Å². The maximum atomic E-state index is 12.9. The first-order valence-corrected chi connectivity index (χ1v) is 7.47. The number of rotatable bonds is 4. The molecule has 0 saturated heterocycles. The standard InChI is InChI=1S/C11H12F4INS/c12-10(13)11(14,15)5-17-7-2-1-3-8-6(7)4-9(16)18-8/h4,7,10,17H,1-3,5H2. The number of hydrogen-bond acceptors (Lipinski definition) is 2. The van der Waals surface area contributed by atoms with Gasteiger partial charge in [0.2, 0.25) is 0 Å². The molecular formula is C11H12F4INS. The summed E-state index contributed by atoms with van der Waals surface area (Å²) in [5.41, 5.74) is 1.00. The quantitative estimate of drug-likeness (QED) is 0.597. The van der Waals surface area contributed by atoms with E-state index in [2.05, 4.69) is 27.9 Å². The van der Waals surface area contributed by atoms with Crippen molar-refractivity contribution in [2.45, 2.75) is 37.7 Å². The molecule has 102 valence electrons. The van der Waals surface area contributed by atoms with Gasteiger partial charge in [-0.1, -0.05) is 0 Å². The number of fused-ring (bicyclic) bond motifs is 1. The summed E-state index contributed by atoms with van der Waals surface area (Å²) in [5, 5.41) is 2.59. The fourth-order valence-electron chi connectivity index (χ4n) is 2.07. The van der Waals surface area contributed by atoms with Gasteiger partial charge in [-0.2, -0.15) is 8.78 Å². The Balaban J connectivity index is 2.03. The molecule has 0 spiro atoms. The van der Waals surface area contributed by atoms with Gasteiger partial charge in [-0.15, -0.1) is 11.3 Å². The summed E-state index contributed by atoms with van der Waals surface area (Å²) in [6.07, 6.45) is -1.04. The number of aryl methyl sites for hydroxylation is 1. The van der Waals surface area contributed by atoms with Gasteiger partial charge in [0.1, 0.15) is 0 Å². The lowest BCUT2D eigenvalue weighted by Crippen LogP contribution is -2.40. The van der Waals surface area contributed by atoms with Crippen LogP contribution >= 0.6 is 33.9 Å². The van der Waals surface area contributed by atoms with E-state index >= 15 is 0 Å². The number of halogens is 5. The van der Waals surface area contributed by atoms with Crippen LogP contribution in [0, 0.1) is 2.88 Å². The van der Waals surface area contributed by atoms with E-state index < -0.39 is 18.9 Å². The van der Waals surface area contributed by atoms with Crippen LogP contribution in [0.25, 0.3) is 0 Å². The van der Waals surface area contributed by atoms with Crippen LogP contribution < -0.4 is 5.32 Å². The Kier molecular flexibility index (Phi) is 4.53. The van der Waals surface area contributed by atoms with Crippen molar-refractivity contribution in [1.29, 1.82) is 0 Å². The molecule has 1 heterocycles. The lowest BCUT2D eigenvalue weighted by molar-refractivity contribution is -0.126. The van der Waals surface area contributed by atoms with Gasteiger partial charge in [-0.3, -0.25) is 0 Å². The Morgan fingerprint density at radius 2 is 2.22 bits per heavy atom. The van der Waals surface area contributed by atoms with Gasteiger partial charge in [0.05, 0.1) is 9.43 Å². The molecule has 1 atom stereocenters. The van der Waals surface area contributed by atoms with Crippen molar-refractivity contribution in [3.05, 3.63) is 19.4 Å². The molecule has 1 aliphatic carbocycles. The molecule has 1 aliphatic rings. The van der Waals surface area contributed by atoms with Gasteiger partial charge in [0, 0.05) is 10.9 Å². The zero-order valence-corrected chi connectivity index (χ0v) is 12.3. The van der Waals surface area contributed by atoms with Gasteiger partial charge in [-0.05, 0) is 53.5 Å². The van der Waals surface area contributed by atoms with Gasteiger partial charge in [0.15, 0.2) is 0 Å². The highest BCUT2D eigenvalue weighted by atomic mass is 127. The molecule has 1 aromatic heterocycles. The number of hydrogen-bond donors (Lipinski definition) is 1. The molecule has 0 saturated carbocycles. The summed E-state index contributed by atoms with van der Waals surface area (Å²) in [4.78, 5) is 1.18. The van der Waals surface area contributed by atoms with E-state index in [9.17, 15) is 17.6 Å². The highest BCUT2D eigenvalue weighted by Crippen LogP contribution is 2.36. The lowest BCUT2D eigenvalue weighted by Gasteiger charge is -2.26. The van der Waals surface area contributed by atoms with Gasteiger partial charge in [-0.25, -0.2) is 8.78 Å². The molecule has 0 aromatic carbocycles. The van der Waals surface area contributed by atoms with Crippen molar-refractivity contribution in [2.24, 2.45) is 0 Å². The fraction of sp³-hybridized carbons (Fsp3) is 0.636. The minimum atomic E-state index is -3.96. The van der Waals surface area contributed by atoms with Crippen LogP contribution in [-0.2, 0) is 6.42 Å². The number of thiophene rings is 1. The molecule has 0 bridgehead atoms. The average molecular weight is 393 g/mol. The summed E-state index contributed by atoms with van der Waals surface area (Å²) >= 11 is 3.83. The van der Waals surface area contributed by atoms with Crippen LogP contribution in [-0.4, -0.2) is 18.9 Å². The average Bonchev–Trinajstić information content (AvgIpc) is 2.66. The summed E-state index contributed by atoms with van der Waals surface area (Å²) in [5.74, 6) is -3.96. The third kappa shape index (κ3) is 3.16. The minimum absolute atomic E-state index is 0.224. The number of nitrogens with one attached hydrogen (secondary N) is 1. The fourth-order valence-corrected chi connectivity index (χ4v) is 4.19. The Bertz CT molecular complexity index is 421. The minimum Gasteiger partial charge on any atom is -0.304 e. The molecule has 18 heavy (non-hydrogen) atoms. The second-order valence-electron chi connectivity index (χ2n) is 4.32. The van der Waals surface area contributed by atoms with Gasteiger partial charge >= 0.3 is 12.3 Å². The zero-order chi connectivity index (χ0) is 13.3. The first-order chi connectivity index (χ1) is 8.40. The van der Waals surface area contributed by atoms with Crippen molar-refractivity contribution in [3.8, 4) is 0 Å². The third-order valence-electron chi connectivity index (χ3n) is 2.99. The maximum absolute atomic E-state index is 12.9. The summed E-state index contributed by atoms with van der Waals surface area (Å²) in [6.45, 7) is -0.971. The smallest absolute Gasteiger partial charge is 0.304 e. The molecule has 0 fully saturated rings. The second-order valence-corrected chi connectivity index (χ2v) is 7.35. The monoisotopic (exact) mass is 393 g/mol. The molecule has 7 heteroatoms. The Morgan fingerprint density at radius 1 is 1.50 bits per heavy atom. The van der Waals surface area contributed by atoms with Gasteiger partial charge < -0.3 is 5.32 Å². The van der Waals surface area contributed by atoms with Crippen molar-refractivity contribution in [2.75, 3.05) is 6.54 Å².